The van der Waals surface area contributed by atoms with Gasteiger partial charge in [-0.15, -0.1) is 0 Å². The number of halogens is 1. The lowest BCUT2D eigenvalue weighted by Crippen LogP contribution is -2.43. The lowest BCUT2D eigenvalue weighted by molar-refractivity contribution is 0.379. The third-order valence-electron chi connectivity index (χ3n) is 4.80. The van der Waals surface area contributed by atoms with E-state index in [1.54, 1.807) is 12.1 Å². The summed E-state index contributed by atoms with van der Waals surface area (Å²) in [5.74, 6) is 0.676. The van der Waals surface area contributed by atoms with E-state index in [0.29, 0.717) is 6.04 Å². The van der Waals surface area contributed by atoms with Crippen molar-refractivity contribution in [2.75, 3.05) is 25.0 Å². The Hall–Kier alpha value is -1.09. The Balaban J connectivity index is 1.72. The summed E-state index contributed by atoms with van der Waals surface area (Å²) in [5.41, 5.74) is 2.40. The predicted molar refractivity (Wildman–Crippen MR) is 77.1 cm³/mol. The topological polar surface area (TPSA) is 15.3 Å². The summed E-state index contributed by atoms with van der Waals surface area (Å²) in [5, 5.41) is 3.48. The van der Waals surface area contributed by atoms with Gasteiger partial charge in [0.05, 0.1) is 0 Å². The summed E-state index contributed by atoms with van der Waals surface area (Å²) in [6.07, 6.45) is 6.48. The molecule has 3 rings (SSSR count). The second-order valence-corrected chi connectivity index (χ2v) is 5.91. The minimum atomic E-state index is -0.118. The van der Waals surface area contributed by atoms with Crippen molar-refractivity contribution in [1.29, 1.82) is 0 Å². The molecule has 1 N–H and O–H groups in total. The summed E-state index contributed by atoms with van der Waals surface area (Å²) in [6.45, 7) is 2.04. The number of hydrogen-bond acceptors (Lipinski definition) is 2. The Morgan fingerprint density at radius 3 is 2.89 bits per heavy atom. The van der Waals surface area contributed by atoms with Gasteiger partial charge in [0, 0.05) is 24.8 Å². The van der Waals surface area contributed by atoms with Crippen molar-refractivity contribution < 1.29 is 4.39 Å². The first kappa shape index (κ1) is 12.9. The van der Waals surface area contributed by atoms with Gasteiger partial charge in [0.1, 0.15) is 5.82 Å². The molecule has 2 aliphatic rings. The van der Waals surface area contributed by atoms with E-state index < -0.39 is 0 Å². The molecule has 0 bridgehead atoms. The van der Waals surface area contributed by atoms with E-state index in [2.05, 4.69) is 17.3 Å². The molecule has 1 atom stereocenters. The fraction of sp³-hybridized carbons (Fsp3) is 0.625. The number of rotatable bonds is 4. The molecule has 1 aromatic carbocycles. The van der Waals surface area contributed by atoms with Crippen LogP contribution in [0, 0.1) is 11.7 Å². The van der Waals surface area contributed by atoms with Gasteiger partial charge in [-0.05, 0) is 49.9 Å². The van der Waals surface area contributed by atoms with Gasteiger partial charge in [-0.3, -0.25) is 0 Å². The lowest BCUT2D eigenvalue weighted by Gasteiger charge is -2.29. The van der Waals surface area contributed by atoms with E-state index in [1.807, 2.05) is 6.07 Å². The Morgan fingerprint density at radius 1 is 1.37 bits per heavy atom. The highest BCUT2D eigenvalue weighted by Crippen LogP contribution is 2.32. The average Bonchev–Trinajstić information content (AvgIpc) is 3.05. The SMILES string of the molecule is CNC(CN1CCc2ccc(F)cc21)C1CCCC1. The minimum absolute atomic E-state index is 0.118. The van der Waals surface area contributed by atoms with Crippen molar-refractivity contribution in [1.82, 2.24) is 5.32 Å². The molecule has 0 aromatic heterocycles. The first-order valence-electron chi connectivity index (χ1n) is 7.48. The van der Waals surface area contributed by atoms with Crippen LogP contribution in [0.4, 0.5) is 10.1 Å². The zero-order chi connectivity index (χ0) is 13.2. The van der Waals surface area contributed by atoms with Gasteiger partial charge in [-0.2, -0.15) is 0 Å². The summed E-state index contributed by atoms with van der Waals surface area (Å²) in [4.78, 5) is 2.36. The van der Waals surface area contributed by atoms with E-state index in [4.69, 9.17) is 0 Å². The van der Waals surface area contributed by atoms with Gasteiger partial charge in [-0.25, -0.2) is 4.39 Å². The molecule has 0 radical (unpaired) electrons. The van der Waals surface area contributed by atoms with Crippen molar-refractivity contribution in [3.63, 3.8) is 0 Å². The number of likely N-dealkylation sites (N-methyl/N-ethyl adjacent to an activating group) is 1. The number of hydrogen-bond donors (Lipinski definition) is 1. The maximum atomic E-state index is 13.4. The van der Waals surface area contributed by atoms with Gasteiger partial charge in [0.15, 0.2) is 0 Å². The Labute approximate surface area is 115 Å². The van der Waals surface area contributed by atoms with Crippen LogP contribution in [-0.2, 0) is 6.42 Å². The first-order valence-corrected chi connectivity index (χ1v) is 7.48. The molecule has 0 saturated heterocycles. The molecule has 0 spiro atoms. The van der Waals surface area contributed by atoms with Gasteiger partial charge in [0.2, 0.25) is 0 Å². The number of anilines is 1. The molecule has 1 unspecified atom stereocenters. The van der Waals surface area contributed by atoms with Crippen LogP contribution < -0.4 is 10.2 Å². The molecule has 19 heavy (non-hydrogen) atoms. The molecular weight excluding hydrogens is 239 g/mol. The zero-order valence-electron chi connectivity index (χ0n) is 11.7. The smallest absolute Gasteiger partial charge is 0.125 e. The van der Waals surface area contributed by atoms with Crippen LogP contribution in [-0.4, -0.2) is 26.2 Å². The molecule has 1 saturated carbocycles. The fourth-order valence-corrected chi connectivity index (χ4v) is 3.68. The molecule has 104 valence electrons. The largest absolute Gasteiger partial charge is 0.369 e. The third-order valence-corrected chi connectivity index (χ3v) is 4.80. The zero-order valence-corrected chi connectivity index (χ0v) is 11.7. The highest BCUT2D eigenvalue weighted by molar-refractivity contribution is 5.58. The molecule has 3 heteroatoms. The Kier molecular flexibility index (Phi) is 3.74. The molecule has 0 amide bonds. The van der Waals surface area contributed by atoms with Gasteiger partial charge >= 0.3 is 0 Å². The second kappa shape index (κ2) is 5.49. The quantitative estimate of drug-likeness (QED) is 0.897. The van der Waals surface area contributed by atoms with Crippen molar-refractivity contribution in [3.8, 4) is 0 Å². The molecule has 1 fully saturated rings. The highest BCUT2D eigenvalue weighted by atomic mass is 19.1. The number of benzene rings is 1. The maximum absolute atomic E-state index is 13.4. The lowest BCUT2D eigenvalue weighted by atomic mass is 9.97. The highest BCUT2D eigenvalue weighted by Gasteiger charge is 2.28. The van der Waals surface area contributed by atoms with Crippen molar-refractivity contribution >= 4 is 5.69 Å². The van der Waals surface area contributed by atoms with E-state index in [1.165, 1.54) is 31.2 Å². The Morgan fingerprint density at radius 2 is 2.16 bits per heavy atom. The normalized spacial score (nSPS) is 20.8. The Bertz CT molecular complexity index is 440. The minimum Gasteiger partial charge on any atom is -0.369 e. The van der Waals surface area contributed by atoms with Crippen LogP contribution in [0.2, 0.25) is 0 Å². The number of nitrogens with zero attached hydrogens (tertiary/aromatic N) is 1. The molecule has 2 nitrogen and oxygen atoms in total. The fourth-order valence-electron chi connectivity index (χ4n) is 3.68. The first-order chi connectivity index (χ1) is 9.28. The van der Waals surface area contributed by atoms with E-state index >= 15 is 0 Å². The van der Waals surface area contributed by atoms with Crippen molar-refractivity contribution in [2.24, 2.45) is 5.92 Å². The monoisotopic (exact) mass is 262 g/mol. The van der Waals surface area contributed by atoms with E-state index in [0.717, 1.165) is 31.1 Å². The standard InChI is InChI=1S/C16H23FN2/c1-18-15(12-4-2-3-5-12)11-19-9-8-13-6-7-14(17)10-16(13)19/h6-7,10,12,15,18H,2-5,8-9,11H2,1H3. The maximum Gasteiger partial charge on any atom is 0.125 e. The second-order valence-electron chi connectivity index (χ2n) is 5.91. The molecule has 1 heterocycles. The van der Waals surface area contributed by atoms with Crippen LogP contribution in [0.25, 0.3) is 0 Å². The number of fused-ring (bicyclic) bond motifs is 1. The van der Waals surface area contributed by atoms with E-state index in [-0.39, 0.29) is 5.82 Å². The van der Waals surface area contributed by atoms with Gasteiger partial charge in [-0.1, -0.05) is 18.9 Å². The van der Waals surface area contributed by atoms with Gasteiger partial charge in [0.25, 0.3) is 0 Å². The molecular formula is C16H23FN2. The number of nitrogens with one attached hydrogen (secondary N) is 1. The third kappa shape index (κ3) is 2.62. The summed E-state index contributed by atoms with van der Waals surface area (Å²) >= 11 is 0. The molecule has 1 aromatic rings. The van der Waals surface area contributed by atoms with E-state index in [9.17, 15) is 4.39 Å². The van der Waals surface area contributed by atoms with Crippen LogP contribution in [0.15, 0.2) is 18.2 Å². The summed E-state index contributed by atoms with van der Waals surface area (Å²) < 4.78 is 13.4. The van der Waals surface area contributed by atoms with Crippen molar-refractivity contribution in [2.45, 2.75) is 38.1 Å². The van der Waals surface area contributed by atoms with Gasteiger partial charge < -0.3 is 10.2 Å². The molecule has 1 aliphatic carbocycles. The summed E-state index contributed by atoms with van der Waals surface area (Å²) in [6, 6.07) is 5.75. The van der Waals surface area contributed by atoms with Crippen molar-refractivity contribution in [3.05, 3.63) is 29.6 Å². The summed E-state index contributed by atoms with van der Waals surface area (Å²) in [7, 11) is 2.06. The molecule has 1 aliphatic heterocycles. The van der Waals surface area contributed by atoms with Crippen LogP contribution in [0.1, 0.15) is 31.2 Å². The van der Waals surface area contributed by atoms with Crippen LogP contribution in [0.3, 0.4) is 0 Å². The van der Waals surface area contributed by atoms with Crippen LogP contribution in [0.5, 0.6) is 0 Å². The predicted octanol–water partition coefficient (Wildman–Crippen LogP) is 2.97. The van der Waals surface area contributed by atoms with Crippen LogP contribution >= 0.6 is 0 Å². The average molecular weight is 262 g/mol.